The molecule has 0 saturated heterocycles. The summed E-state index contributed by atoms with van der Waals surface area (Å²) in [6, 6.07) is 14.7. The van der Waals surface area contributed by atoms with E-state index in [9.17, 15) is 9.59 Å². The average molecular weight is 265 g/mol. The summed E-state index contributed by atoms with van der Waals surface area (Å²) < 4.78 is 0. The summed E-state index contributed by atoms with van der Waals surface area (Å²) in [5.74, 6) is -0.0331. The molecule has 1 amide bonds. The fraction of sp³-hybridized carbons (Fsp3) is 0.176. The van der Waals surface area contributed by atoms with E-state index in [1.807, 2.05) is 43.3 Å². The van der Waals surface area contributed by atoms with Crippen LogP contribution >= 0.6 is 0 Å². The molecule has 100 valence electrons. The maximum atomic E-state index is 12.3. The second-order valence-electron chi connectivity index (χ2n) is 5.06. The summed E-state index contributed by atoms with van der Waals surface area (Å²) in [7, 11) is 0. The van der Waals surface area contributed by atoms with E-state index in [0.717, 1.165) is 16.7 Å². The Morgan fingerprint density at radius 3 is 2.60 bits per heavy atom. The first-order chi connectivity index (χ1) is 9.66. The average Bonchev–Trinajstić information content (AvgIpc) is 2.77. The number of hydrogen-bond donors (Lipinski definition) is 1. The van der Waals surface area contributed by atoms with Gasteiger partial charge in [0.25, 0.3) is 5.91 Å². The van der Waals surface area contributed by atoms with Crippen molar-refractivity contribution >= 4 is 11.7 Å². The van der Waals surface area contributed by atoms with E-state index in [-0.39, 0.29) is 17.7 Å². The molecular formula is C17H15NO2. The smallest absolute Gasteiger partial charge is 0.252 e. The molecule has 0 aromatic heterocycles. The van der Waals surface area contributed by atoms with E-state index in [0.29, 0.717) is 12.0 Å². The minimum Gasteiger partial charge on any atom is -0.345 e. The number of benzene rings is 2. The SMILES string of the molecule is Cc1cccc2c1C(=O)N[C@H]2CC(=O)c1ccccc1. The Hall–Kier alpha value is -2.42. The van der Waals surface area contributed by atoms with Crippen molar-refractivity contribution in [2.24, 2.45) is 0 Å². The van der Waals surface area contributed by atoms with Crippen LogP contribution in [0.4, 0.5) is 0 Å². The summed E-state index contributed by atoms with van der Waals surface area (Å²) in [4.78, 5) is 24.2. The first-order valence-corrected chi connectivity index (χ1v) is 6.65. The van der Waals surface area contributed by atoms with E-state index >= 15 is 0 Å². The first kappa shape index (κ1) is 12.6. The minimum atomic E-state index is -0.217. The van der Waals surface area contributed by atoms with Gasteiger partial charge in [-0.25, -0.2) is 0 Å². The van der Waals surface area contributed by atoms with Crippen molar-refractivity contribution in [1.82, 2.24) is 5.32 Å². The normalized spacial score (nSPS) is 16.6. The molecule has 1 aliphatic heterocycles. The third kappa shape index (κ3) is 2.11. The van der Waals surface area contributed by atoms with E-state index < -0.39 is 0 Å². The number of aryl methyl sites for hydroxylation is 1. The standard InChI is InChI=1S/C17H15NO2/c1-11-6-5-9-13-14(18-17(20)16(11)13)10-15(19)12-7-3-2-4-8-12/h2-9,14H,10H2,1H3,(H,18,20)/t14-/m0/s1. The summed E-state index contributed by atoms with van der Waals surface area (Å²) in [6.45, 7) is 1.92. The zero-order chi connectivity index (χ0) is 14.1. The Labute approximate surface area is 117 Å². The van der Waals surface area contributed by atoms with Gasteiger partial charge in [0, 0.05) is 17.5 Å². The molecule has 0 radical (unpaired) electrons. The number of carbonyl (C=O) groups is 2. The van der Waals surface area contributed by atoms with Crippen LogP contribution in [0.1, 0.15) is 44.3 Å². The van der Waals surface area contributed by atoms with Crippen LogP contribution in [-0.2, 0) is 0 Å². The first-order valence-electron chi connectivity index (χ1n) is 6.65. The van der Waals surface area contributed by atoms with Crippen molar-refractivity contribution in [2.45, 2.75) is 19.4 Å². The Balaban J connectivity index is 1.86. The van der Waals surface area contributed by atoms with Gasteiger partial charge in [0.1, 0.15) is 0 Å². The lowest BCUT2D eigenvalue weighted by Gasteiger charge is -2.11. The van der Waals surface area contributed by atoms with Crippen molar-refractivity contribution in [1.29, 1.82) is 0 Å². The van der Waals surface area contributed by atoms with Crippen LogP contribution in [0.2, 0.25) is 0 Å². The zero-order valence-corrected chi connectivity index (χ0v) is 11.2. The molecule has 1 N–H and O–H groups in total. The Morgan fingerprint density at radius 2 is 1.85 bits per heavy atom. The molecule has 0 saturated carbocycles. The number of carbonyl (C=O) groups excluding carboxylic acids is 2. The largest absolute Gasteiger partial charge is 0.345 e. The van der Waals surface area contributed by atoms with Crippen LogP contribution in [0.15, 0.2) is 48.5 Å². The number of fused-ring (bicyclic) bond motifs is 1. The molecule has 0 fully saturated rings. The third-order valence-corrected chi connectivity index (χ3v) is 3.70. The lowest BCUT2D eigenvalue weighted by atomic mass is 9.96. The molecule has 1 atom stereocenters. The number of nitrogens with one attached hydrogen (secondary N) is 1. The van der Waals surface area contributed by atoms with E-state index in [4.69, 9.17) is 0 Å². The molecule has 0 aliphatic carbocycles. The van der Waals surface area contributed by atoms with Crippen LogP contribution in [0.25, 0.3) is 0 Å². The van der Waals surface area contributed by atoms with E-state index in [1.165, 1.54) is 0 Å². The monoisotopic (exact) mass is 265 g/mol. The molecule has 2 aromatic rings. The molecule has 3 rings (SSSR count). The van der Waals surface area contributed by atoms with Crippen molar-refractivity contribution < 1.29 is 9.59 Å². The van der Waals surface area contributed by atoms with Crippen LogP contribution < -0.4 is 5.32 Å². The molecule has 20 heavy (non-hydrogen) atoms. The van der Waals surface area contributed by atoms with Crippen LogP contribution in [0.5, 0.6) is 0 Å². The number of hydrogen-bond acceptors (Lipinski definition) is 2. The molecule has 2 aromatic carbocycles. The van der Waals surface area contributed by atoms with Gasteiger partial charge in [-0.15, -0.1) is 0 Å². The Kier molecular flexibility index (Phi) is 3.11. The van der Waals surface area contributed by atoms with Gasteiger partial charge < -0.3 is 5.32 Å². The molecule has 0 spiro atoms. The lowest BCUT2D eigenvalue weighted by Crippen LogP contribution is -2.21. The van der Waals surface area contributed by atoms with E-state index in [2.05, 4.69) is 5.32 Å². The molecule has 3 nitrogen and oxygen atoms in total. The summed E-state index contributed by atoms with van der Waals surface area (Å²) in [5, 5.41) is 2.90. The number of amides is 1. The highest BCUT2D eigenvalue weighted by Crippen LogP contribution is 2.30. The molecular weight excluding hydrogens is 250 g/mol. The number of rotatable bonds is 3. The highest BCUT2D eigenvalue weighted by molar-refractivity contribution is 6.02. The van der Waals surface area contributed by atoms with Crippen LogP contribution in [0.3, 0.4) is 0 Å². The second-order valence-corrected chi connectivity index (χ2v) is 5.06. The fourth-order valence-electron chi connectivity index (χ4n) is 2.69. The number of ketones is 1. The maximum Gasteiger partial charge on any atom is 0.252 e. The Bertz CT molecular complexity index is 677. The molecule has 3 heteroatoms. The quantitative estimate of drug-likeness (QED) is 0.867. The van der Waals surface area contributed by atoms with Gasteiger partial charge in [-0.05, 0) is 18.1 Å². The molecule has 1 heterocycles. The summed E-state index contributed by atoms with van der Waals surface area (Å²) in [5.41, 5.74) is 3.29. The molecule has 0 unspecified atom stereocenters. The zero-order valence-electron chi connectivity index (χ0n) is 11.2. The Morgan fingerprint density at radius 1 is 1.10 bits per heavy atom. The van der Waals surface area contributed by atoms with Gasteiger partial charge in [0.15, 0.2) is 5.78 Å². The second kappa shape index (κ2) is 4.93. The van der Waals surface area contributed by atoms with E-state index in [1.54, 1.807) is 12.1 Å². The highest BCUT2D eigenvalue weighted by atomic mass is 16.2. The van der Waals surface area contributed by atoms with Gasteiger partial charge in [-0.1, -0.05) is 48.5 Å². The topological polar surface area (TPSA) is 46.2 Å². The van der Waals surface area contributed by atoms with Gasteiger partial charge in [-0.3, -0.25) is 9.59 Å². The van der Waals surface area contributed by atoms with Crippen molar-refractivity contribution in [3.63, 3.8) is 0 Å². The maximum absolute atomic E-state index is 12.3. The summed E-state index contributed by atoms with van der Waals surface area (Å²) in [6.07, 6.45) is 0.298. The van der Waals surface area contributed by atoms with Gasteiger partial charge in [0.2, 0.25) is 0 Å². The van der Waals surface area contributed by atoms with Gasteiger partial charge in [0.05, 0.1) is 6.04 Å². The highest BCUT2D eigenvalue weighted by Gasteiger charge is 2.31. The third-order valence-electron chi connectivity index (χ3n) is 3.70. The fourth-order valence-corrected chi connectivity index (χ4v) is 2.69. The van der Waals surface area contributed by atoms with Crippen LogP contribution in [0, 0.1) is 6.92 Å². The van der Waals surface area contributed by atoms with Crippen molar-refractivity contribution in [3.05, 3.63) is 70.8 Å². The lowest BCUT2D eigenvalue weighted by molar-refractivity contribution is 0.0933. The van der Waals surface area contributed by atoms with Gasteiger partial charge in [-0.2, -0.15) is 0 Å². The predicted molar refractivity (Wildman–Crippen MR) is 76.8 cm³/mol. The van der Waals surface area contributed by atoms with Crippen LogP contribution in [-0.4, -0.2) is 11.7 Å². The van der Waals surface area contributed by atoms with Crippen molar-refractivity contribution in [2.75, 3.05) is 0 Å². The number of Topliss-reactive ketones (excluding diaryl/α,β-unsaturated/α-hetero) is 1. The summed E-state index contributed by atoms with van der Waals surface area (Å²) >= 11 is 0. The van der Waals surface area contributed by atoms with Crippen molar-refractivity contribution in [3.8, 4) is 0 Å². The minimum absolute atomic E-state index is 0.0465. The molecule has 1 aliphatic rings. The predicted octanol–water partition coefficient (Wildman–Crippen LogP) is 3.05. The van der Waals surface area contributed by atoms with Gasteiger partial charge >= 0.3 is 0 Å². The molecule has 0 bridgehead atoms.